The van der Waals surface area contributed by atoms with Gasteiger partial charge < -0.3 is 5.73 Å². The van der Waals surface area contributed by atoms with Crippen LogP contribution in [0.15, 0.2) is 23.3 Å². The number of hydrogen-bond donors (Lipinski definition) is 1. The van der Waals surface area contributed by atoms with E-state index in [9.17, 15) is 0 Å². The van der Waals surface area contributed by atoms with Crippen molar-refractivity contribution < 1.29 is 0 Å². The lowest BCUT2D eigenvalue weighted by Crippen LogP contribution is -2.17. The Morgan fingerprint density at radius 3 is 3.10 bits per heavy atom. The van der Waals surface area contributed by atoms with Gasteiger partial charge in [0.25, 0.3) is 0 Å². The minimum absolute atomic E-state index is 0.353. The second-order valence-corrected chi connectivity index (χ2v) is 3.15. The Kier molecular flexibility index (Phi) is 1.38. The Morgan fingerprint density at radius 1 is 1.40 bits per heavy atom. The van der Waals surface area contributed by atoms with E-state index in [2.05, 4.69) is 12.2 Å². The second-order valence-electron chi connectivity index (χ2n) is 3.15. The second kappa shape index (κ2) is 2.24. The molecule has 0 bridgehead atoms. The van der Waals surface area contributed by atoms with Crippen LogP contribution in [0.4, 0.5) is 0 Å². The lowest BCUT2D eigenvalue weighted by molar-refractivity contribution is 0.756. The Bertz CT molecular complexity index is 201. The largest absolute Gasteiger partial charge is 0.324 e. The molecule has 0 radical (unpaired) electrons. The molecule has 1 atom stereocenters. The predicted molar refractivity (Wildman–Crippen MR) is 42.6 cm³/mol. The molecular formula is C9H13N. The first-order valence-electron chi connectivity index (χ1n) is 4.02. The van der Waals surface area contributed by atoms with E-state index in [1.165, 1.54) is 31.3 Å². The molecule has 10 heavy (non-hydrogen) atoms. The van der Waals surface area contributed by atoms with Gasteiger partial charge in [-0.3, -0.25) is 0 Å². The Hall–Kier alpha value is -0.560. The lowest BCUT2D eigenvalue weighted by Gasteiger charge is -2.09. The number of allylic oxidation sites excluding steroid dienone is 2. The van der Waals surface area contributed by atoms with Gasteiger partial charge in [0.1, 0.15) is 0 Å². The summed E-state index contributed by atoms with van der Waals surface area (Å²) in [5.74, 6) is 0. The van der Waals surface area contributed by atoms with Crippen molar-refractivity contribution in [2.45, 2.75) is 31.7 Å². The van der Waals surface area contributed by atoms with E-state index in [0.717, 1.165) is 0 Å². The third kappa shape index (κ3) is 0.816. The van der Waals surface area contributed by atoms with Gasteiger partial charge in [-0.1, -0.05) is 17.7 Å². The summed E-state index contributed by atoms with van der Waals surface area (Å²) in [6, 6.07) is 0.353. The summed E-state index contributed by atoms with van der Waals surface area (Å²) in [6.45, 7) is 0. The van der Waals surface area contributed by atoms with Crippen molar-refractivity contribution in [2.75, 3.05) is 0 Å². The molecule has 0 spiro atoms. The van der Waals surface area contributed by atoms with Gasteiger partial charge in [0.2, 0.25) is 0 Å². The maximum Gasteiger partial charge on any atom is 0.0297 e. The minimum Gasteiger partial charge on any atom is -0.324 e. The maximum atomic E-state index is 5.88. The highest BCUT2D eigenvalue weighted by Gasteiger charge is 2.20. The first-order valence-corrected chi connectivity index (χ1v) is 4.02. The highest BCUT2D eigenvalue weighted by Crippen LogP contribution is 2.32. The smallest absolute Gasteiger partial charge is 0.0297 e. The fourth-order valence-electron chi connectivity index (χ4n) is 1.87. The molecule has 0 aromatic heterocycles. The van der Waals surface area contributed by atoms with Crippen molar-refractivity contribution in [3.63, 3.8) is 0 Å². The molecule has 0 heterocycles. The molecule has 1 nitrogen and oxygen atoms in total. The van der Waals surface area contributed by atoms with Gasteiger partial charge in [0.05, 0.1) is 0 Å². The average molecular weight is 135 g/mol. The number of nitrogens with two attached hydrogens (primary N) is 1. The van der Waals surface area contributed by atoms with E-state index in [-0.39, 0.29) is 0 Å². The van der Waals surface area contributed by atoms with Gasteiger partial charge in [0, 0.05) is 6.04 Å². The summed E-state index contributed by atoms with van der Waals surface area (Å²) in [4.78, 5) is 0. The van der Waals surface area contributed by atoms with Crippen molar-refractivity contribution >= 4 is 0 Å². The van der Waals surface area contributed by atoms with Crippen LogP contribution in [0.2, 0.25) is 0 Å². The van der Waals surface area contributed by atoms with Gasteiger partial charge in [0.15, 0.2) is 0 Å². The molecular weight excluding hydrogens is 122 g/mol. The fraction of sp³-hybridized carbons (Fsp3) is 0.556. The summed E-state index contributed by atoms with van der Waals surface area (Å²) in [5.41, 5.74) is 8.94. The van der Waals surface area contributed by atoms with Crippen molar-refractivity contribution in [3.8, 4) is 0 Å². The van der Waals surface area contributed by atoms with Crippen LogP contribution in [-0.2, 0) is 0 Å². The third-order valence-electron chi connectivity index (χ3n) is 2.48. The molecule has 2 N–H and O–H groups in total. The molecule has 2 rings (SSSR count). The molecule has 2 aliphatic carbocycles. The van der Waals surface area contributed by atoms with E-state index in [1.807, 2.05) is 0 Å². The van der Waals surface area contributed by atoms with Crippen molar-refractivity contribution in [1.82, 2.24) is 0 Å². The molecule has 0 aliphatic heterocycles. The summed E-state index contributed by atoms with van der Waals surface area (Å²) < 4.78 is 0. The molecule has 0 saturated carbocycles. The van der Waals surface area contributed by atoms with Gasteiger partial charge in [-0.15, -0.1) is 0 Å². The highest BCUT2D eigenvalue weighted by atomic mass is 14.6. The van der Waals surface area contributed by atoms with Crippen LogP contribution >= 0.6 is 0 Å². The van der Waals surface area contributed by atoms with Crippen molar-refractivity contribution in [3.05, 3.63) is 23.3 Å². The van der Waals surface area contributed by atoms with E-state index >= 15 is 0 Å². The lowest BCUT2D eigenvalue weighted by atomic mass is 9.99. The van der Waals surface area contributed by atoms with Crippen LogP contribution in [0.25, 0.3) is 0 Å². The molecule has 1 heteroatoms. The zero-order chi connectivity index (χ0) is 6.97. The van der Waals surface area contributed by atoms with Gasteiger partial charge in [-0.2, -0.15) is 0 Å². The summed E-state index contributed by atoms with van der Waals surface area (Å²) in [6.07, 6.45) is 9.38. The van der Waals surface area contributed by atoms with Gasteiger partial charge >= 0.3 is 0 Å². The monoisotopic (exact) mass is 135 g/mol. The SMILES string of the molecule is N[C@@H]1CCC2=C1C=CCC2. The minimum atomic E-state index is 0.353. The molecule has 0 aromatic rings. The zero-order valence-corrected chi connectivity index (χ0v) is 6.14. The standard InChI is InChI=1S/C9H13N/c10-9-6-5-7-3-1-2-4-8(7)9/h2,4,9H,1,3,5-6,10H2/t9-/m1/s1. The highest BCUT2D eigenvalue weighted by molar-refractivity contribution is 5.37. The molecule has 0 saturated heterocycles. The van der Waals surface area contributed by atoms with Crippen LogP contribution in [0.5, 0.6) is 0 Å². The quantitative estimate of drug-likeness (QED) is 0.538. The van der Waals surface area contributed by atoms with Crippen LogP contribution in [0, 0.1) is 0 Å². The van der Waals surface area contributed by atoms with E-state index in [4.69, 9.17) is 5.73 Å². The van der Waals surface area contributed by atoms with Gasteiger partial charge in [-0.05, 0) is 31.3 Å². The average Bonchev–Trinajstić information content (AvgIpc) is 2.34. The van der Waals surface area contributed by atoms with E-state index in [0.29, 0.717) is 6.04 Å². The predicted octanol–water partition coefficient (Wildman–Crippen LogP) is 1.75. The van der Waals surface area contributed by atoms with Gasteiger partial charge in [-0.25, -0.2) is 0 Å². The van der Waals surface area contributed by atoms with Crippen molar-refractivity contribution in [1.29, 1.82) is 0 Å². The van der Waals surface area contributed by atoms with Crippen molar-refractivity contribution in [2.24, 2.45) is 5.73 Å². The van der Waals surface area contributed by atoms with E-state index < -0.39 is 0 Å². The zero-order valence-electron chi connectivity index (χ0n) is 6.14. The third-order valence-corrected chi connectivity index (χ3v) is 2.48. The maximum absolute atomic E-state index is 5.88. The fourth-order valence-corrected chi connectivity index (χ4v) is 1.87. The Morgan fingerprint density at radius 2 is 2.30 bits per heavy atom. The molecule has 0 amide bonds. The number of hydrogen-bond acceptors (Lipinski definition) is 1. The van der Waals surface area contributed by atoms with Crippen LogP contribution in [0.1, 0.15) is 25.7 Å². The summed E-state index contributed by atoms with van der Waals surface area (Å²) >= 11 is 0. The summed E-state index contributed by atoms with van der Waals surface area (Å²) in [7, 11) is 0. The summed E-state index contributed by atoms with van der Waals surface area (Å²) in [5, 5.41) is 0. The first kappa shape index (κ1) is 6.17. The van der Waals surface area contributed by atoms with Crippen LogP contribution < -0.4 is 5.73 Å². The van der Waals surface area contributed by atoms with Crippen LogP contribution in [-0.4, -0.2) is 6.04 Å². The normalized spacial score (nSPS) is 31.1. The molecule has 54 valence electrons. The molecule has 0 fully saturated rings. The van der Waals surface area contributed by atoms with E-state index in [1.54, 1.807) is 5.57 Å². The number of rotatable bonds is 0. The van der Waals surface area contributed by atoms with Crippen LogP contribution in [0.3, 0.4) is 0 Å². The Labute approximate surface area is 61.6 Å². The topological polar surface area (TPSA) is 26.0 Å². The Balaban J connectivity index is 2.30. The molecule has 0 unspecified atom stereocenters. The first-order chi connectivity index (χ1) is 4.88. The molecule has 2 aliphatic rings. The molecule has 0 aromatic carbocycles.